The molecule has 3 amide bonds. The van der Waals surface area contributed by atoms with Crippen molar-refractivity contribution in [3.8, 4) is 17.2 Å². The van der Waals surface area contributed by atoms with Crippen LogP contribution < -0.4 is 14.8 Å². The lowest BCUT2D eigenvalue weighted by atomic mass is 9.93. The Hall–Kier alpha value is -4.44. The highest BCUT2D eigenvalue weighted by Crippen LogP contribution is 2.33. The van der Waals surface area contributed by atoms with Crippen molar-refractivity contribution in [2.45, 2.75) is 50.9 Å². The quantitative estimate of drug-likeness (QED) is 0.486. The maximum atomic E-state index is 13.7. The number of aryl methyl sites for hydroxylation is 1. The Bertz CT molecular complexity index is 1490. The summed E-state index contributed by atoms with van der Waals surface area (Å²) in [6.45, 7) is 2.32. The molecule has 3 aliphatic rings. The summed E-state index contributed by atoms with van der Waals surface area (Å²) in [6.07, 6.45) is 4.02. The number of carbonyl (C=O) groups excluding carboxylic acids is 3. The summed E-state index contributed by atoms with van der Waals surface area (Å²) < 4.78 is 18.1. The number of hydrogen-bond donors (Lipinski definition) is 1. The standard InChI is InChI=1S/C34H38N4O6/c1-42-30-10-8-23-9-11-32(39)36-28-21-38(18-14-29(28)43-22-24-5-4-6-26(19-24)44-31(30)20-23)33(40)25-12-16-37(17-13-25)34(41)27-7-2-3-15-35-27/h2-8,10,15,19-20,25,28-29H,9,11-14,16-18,21-22H2,1H3,(H,36,39)/t28-,29+/m0/s1. The summed E-state index contributed by atoms with van der Waals surface area (Å²) in [7, 11) is 1.60. The number of likely N-dealkylation sites (tertiary alicyclic amines) is 2. The number of carbonyl (C=O) groups is 3. The zero-order chi connectivity index (χ0) is 30.5. The molecule has 0 radical (unpaired) electrons. The maximum Gasteiger partial charge on any atom is 0.272 e. The largest absolute Gasteiger partial charge is 0.493 e. The molecule has 230 valence electrons. The summed E-state index contributed by atoms with van der Waals surface area (Å²) >= 11 is 0. The molecule has 6 rings (SSSR count). The van der Waals surface area contributed by atoms with Crippen molar-refractivity contribution in [1.29, 1.82) is 0 Å². The Morgan fingerprint density at radius 1 is 0.932 bits per heavy atom. The maximum absolute atomic E-state index is 13.7. The van der Waals surface area contributed by atoms with E-state index in [9.17, 15) is 14.4 Å². The van der Waals surface area contributed by atoms with Gasteiger partial charge in [0.1, 0.15) is 11.4 Å². The number of rotatable bonds is 3. The van der Waals surface area contributed by atoms with Crippen LogP contribution in [-0.2, 0) is 27.4 Å². The number of hydrogen-bond acceptors (Lipinski definition) is 7. The minimum absolute atomic E-state index is 0.0779. The van der Waals surface area contributed by atoms with Gasteiger partial charge in [0.25, 0.3) is 5.91 Å². The normalized spacial score (nSPS) is 21.2. The van der Waals surface area contributed by atoms with E-state index in [-0.39, 0.29) is 35.8 Å². The van der Waals surface area contributed by atoms with Crippen LogP contribution in [0.5, 0.6) is 17.2 Å². The van der Waals surface area contributed by atoms with E-state index >= 15 is 0 Å². The van der Waals surface area contributed by atoms with Crippen LogP contribution >= 0.6 is 0 Å². The molecule has 1 aromatic heterocycles. The van der Waals surface area contributed by atoms with E-state index in [0.717, 1.165) is 11.1 Å². The third-order valence-electron chi connectivity index (χ3n) is 8.68. The second kappa shape index (κ2) is 13.5. The van der Waals surface area contributed by atoms with E-state index in [1.165, 1.54) is 0 Å². The summed E-state index contributed by atoms with van der Waals surface area (Å²) in [5.41, 5.74) is 2.33. The molecular formula is C34H38N4O6. The number of aromatic nitrogens is 1. The van der Waals surface area contributed by atoms with Crippen molar-refractivity contribution in [3.63, 3.8) is 0 Å². The summed E-state index contributed by atoms with van der Waals surface area (Å²) in [5, 5.41) is 3.18. The van der Waals surface area contributed by atoms with Crippen LogP contribution in [0.4, 0.5) is 0 Å². The fraction of sp³-hybridized carbons (Fsp3) is 0.412. The van der Waals surface area contributed by atoms with Gasteiger partial charge >= 0.3 is 0 Å². The minimum Gasteiger partial charge on any atom is -0.493 e. The topological polar surface area (TPSA) is 110 Å². The predicted octanol–water partition coefficient (Wildman–Crippen LogP) is 3.98. The molecule has 3 aromatic rings. The number of pyridine rings is 1. The Morgan fingerprint density at radius 2 is 1.77 bits per heavy atom. The van der Waals surface area contributed by atoms with Crippen LogP contribution in [0.25, 0.3) is 0 Å². The number of fused-ring (bicyclic) bond motifs is 5. The lowest BCUT2D eigenvalue weighted by Crippen LogP contribution is -2.58. The minimum atomic E-state index is -0.331. The molecule has 4 bridgehead atoms. The summed E-state index contributed by atoms with van der Waals surface area (Å²) in [6, 6.07) is 18.4. The highest BCUT2D eigenvalue weighted by molar-refractivity contribution is 5.92. The molecule has 2 saturated heterocycles. The third-order valence-corrected chi connectivity index (χ3v) is 8.68. The van der Waals surface area contributed by atoms with Crippen molar-refractivity contribution in [2.75, 3.05) is 33.3 Å². The molecule has 0 spiro atoms. The van der Waals surface area contributed by atoms with Gasteiger partial charge in [-0.3, -0.25) is 19.4 Å². The molecule has 2 aromatic carbocycles. The molecule has 44 heavy (non-hydrogen) atoms. The van der Waals surface area contributed by atoms with Crippen molar-refractivity contribution >= 4 is 17.7 Å². The average molecular weight is 599 g/mol. The molecule has 4 heterocycles. The number of piperidine rings is 2. The first-order valence-electron chi connectivity index (χ1n) is 15.3. The monoisotopic (exact) mass is 598 g/mol. The molecule has 0 unspecified atom stereocenters. The van der Waals surface area contributed by atoms with Gasteiger partial charge in [0.2, 0.25) is 11.8 Å². The Kier molecular flexibility index (Phi) is 9.07. The summed E-state index contributed by atoms with van der Waals surface area (Å²) in [4.78, 5) is 47.5. The van der Waals surface area contributed by atoms with Gasteiger partial charge in [-0.1, -0.05) is 24.3 Å². The van der Waals surface area contributed by atoms with Crippen LogP contribution in [0.1, 0.15) is 47.3 Å². The second-order valence-corrected chi connectivity index (χ2v) is 11.6. The Morgan fingerprint density at radius 3 is 2.57 bits per heavy atom. The lowest BCUT2D eigenvalue weighted by molar-refractivity contribution is -0.142. The van der Waals surface area contributed by atoms with Gasteiger partial charge in [0.15, 0.2) is 11.5 Å². The SMILES string of the molecule is COc1ccc2cc1Oc1cccc(c1)CO[C@@H]1CCN(C(=O)C3CCN(C(=O)c4ccccn4)CC3)C[C@@H]1NC(=O)CC2. The van der Waals surface area contributed by atoms with E-state index in [0.29, 0.717) is 87.8 Å². The number of ether oxygens (including phenoxy) is 3. The second-order valence-electron chi connectivity index (χ2n) is 11.6. The van der Waals surface area contributed by atoms with Crippen LogP contribution in [0.15, 0.2) is 66.9 Å². The first kappa shape index (κ1) is 29.6. The molecule has 0 saturated carbocycles. The molecule has 3 aliphatic heterocycles. The van der Waals surface area contributed by atoms with Gasteiger partial charge in [-0.2, -0.15) is 0 Å². The zero-order valence-corrected chi connectivity index (χ0v) is 24.9. The highest BCUT2D eigenvalue weighted by atomic mass is 16.5. The molecular weight excluding hydrogens is 560 g/mol. The number of nitrogens with one attached hydrogen (secondary N) is 1. The van der Waals surface area contributed by atoms with E-state index in [1.54, 1.807) is 36.4 Å². The molecule has 10 nitrogen and oxygen atoms in total. The van der Waals surface area contributed by atoms with E-state index < -0.39 is 0 Å². The van der Waals surface area contributed by atoms with Crippen LogP contribution in [-0.4, -0.2) is 77.9 Å². The summed E-state index contributed by atoms with van der Waals surface area (Å²) in [5.74, 6) is 1.61. The van der Waals surface area contributed by atoms with E-state index in [2.05, 4.69) is 10.3 Å². The van der Waals surface area contributed by atoms with Gasteiger partial charge in [-0.15, -0.1) is 0 Å². The number of benzene rings is 2. The van der Waals surface area contributed by atoms with Crippen molar-refractivity contribution in [3.05, 3.63) is 83.7 Å². The molecule has 2 atom stereocenters. The van der Waals surface area contributed by atoms with Crippen LogP contribution in [0.2, 0.25) is 0 Å². The molecule has 2 fully saturated rings. The Labute approximate surface area is 257 Å². The lowest BCUT2D eigenvalue weighted by Gasteiger charge is -2.41. The fourth-order valence-electron chi connectivity index (χ4n) is 6.23. The number of methoxy groups -OCH3 is 1. The molecule has 0 aliphatic carbocycles. The predicted molar refractivity (Wildman–Crippen MR) is 162 cm³/mol. The van der Waals surface area contributed by atoms with Gasteiger partial charge in [-0.25, -0.2) is 0 Å². The van der Waals surface area contributed by atoms with Gasteiger partial charge in [0.05, 0.1) is 25.9 Å². The Balaban J connectivity index is 1.13. The number of amides is 3. The zero-order valence-electron chi connectivity index (χ0n) is 24.9. The average Bonchev–Trinajstić information content (AvgIpc) is 3.06. The van der Waals surface area contributed by atoms with Gasteiger partial charge in [-0.05, 0) is 73.2 Å². The smallest absolute Gasteiger partial charge is 0.272 e. The first-order valence-corrected chi connectivity index (χ1v) is 15.3. The number of nitrogens with zero attached hydrogens (tertiary/aromatic N) is 3. The van der Waals surface area contributed by atoms with Crippen LogP contribution in [0, 0.1) is 5.92 Å². The highest BCUT2D eigenvalue weighted by Gasteiger charge is 2.37. The van der Waals surface area contributed by atoms with Crippen molar-refractivity contribution in [1.82, 2.24) is 20.1 Å². The first-order chi connectivity index (χ1) is 21.5. The fourth-order valence-corrected chi connectivity index (χ4v) is 6.23. The van der Waals surface area contributed by atoms with E-state index in [4.69, 9.17) is 14.2 Å². The van der Waals surface area contributed by atoms with Gasteiger partial charge in [0, 0.05) is 44.7 Å². The van der Waals surface area contributed by atoms with Crippen LogP contribution in [0.3, 0.4) is 0 Å². The van der Waals surface area contributed by atoms with Crippen molar-refractivity contribution < 1.29 is 28.6 Å². The molecule has 1 N–H and O–H groups in total. The van der Waals surface area contributed by atoms with Crippen molar-refractivity contribution in [2.24, 2.45) is 5.92 Å². The third kappa shape index (κ3) is 6.86. The van der Waals surface area contributed by atoms with E-state index in [1.807, 2.05) is 47.4 Å². The molecule has 10 heteroatoms. The van der Waals surface area contributed by atoms with Gasteiger partial charge < -0.3 is 29.3 Å².